The molecular weight excluding hydrogens is 348 g/mol. The first kappa shape index (κ1) is 17.5. The number of anilines is 2. The molecule has 0 bridgehead atoms. The molecule has 4 nitrogen and oxygen atoms in total. The van der Waals surface area contributed by atoms with E-state index in [1.807, 2.05) is 12.1 Å². The number of hydrogen-bond donors (Lipinski definition) is 1. The fourth-order valence-electron chi connectivity index (χ4n) is 3.79. The number of rotatable bonds is 4. The number of hydrogen-bond acceptors (Lipinski definition) is 4. The normalized spacial score (nSPS) is 17.2. The van der Waals surface area contributed by atoms with E-state index in [2.05, 4.69) is 34.5 Å². The van der Waals surface area contributed by atoms with Gasteiger partial charge in [-0.25, -0.2) is 0 Å². The van der Waals surface area contributed by atoms with Crippen LogP contribution in [0.3, 0.4) is 0 Å². The molecule has 5 heteroatoms. The zero-order valence-corrected chi connectivity index (χ0v) is 15.7. The van der Waals surface area contributed by atoms with E-state index in [9.17, 15) is 0 Å². The number of nitrogens with one attached hydrogen (secondary N) is 1. The van der Waals surface area contributed by atoms with Crippen molar-refractivity contribution in [3.63, 3.8) is 0 Å². The molecule has 0 radical (unpaired) electrons. The highest BCUT2D eigenvalue weighted by molar-refractivity contribution is 6.30. The number of nitrogens with zero attached hydrogens (tertiary/aromatic N) is 1. The van der Waals surface area contributed by atoms with Crippen LogP contribution in [0.15, 0.2) is 36.4 Å². The van der Waals surface area contributed by atoms with Gasteiger partial charge in [0.1, 0.15) is 5.75 Å². The molecule has 1 fully saturated rings. The maximum absolute atomic E-state index is 6.29. The van der Waals surface area contributed by atoms with Crippen molar-refractivity contribution in [1.82, 2.24) is 0 Å². The first-order valence-corrected chi connectivity index (χ1v) is 9.79. The molecule has 0 aliphatic carbocycles. The Morgan fingerprint density at radius 1 is 1.04 bits per heavy atom. The quantitative estimate of drug-likeness (QED) is 0.799. The highest BCUT2D eigenvalue weighted by atomic mass is 35.5. The average Bonchev–Trinajstić information content (AvgIpc) is 2.95. The summed E-state index contributed by atoms with van der Waals surface area (Å²) in [6, 6.07) is 12.5. The smallest absolute Gasteiger partial charge is 0.189 e. The molecule has 4 rings (SSSR count). The highest BCUT2D eigenvalue weighted by Crippen LogP contribution is 2.33. The summed E-state index contributed by atoms with van der Waals surface area (Å²) in [5.41, 5.74) is 4.53. The monoisotopic (exact) mass is 372 g/mol. The van der Waals surface area contributed by atoms with E-state index >= 15 is 0 Å². The molecule has 26 heavy (non-hydrogen) atoms. The lowest BCUT2D eigenvalue weighted by Crippen LogP contribution is -2.25. The zero-order valence-electron chi connectivity index (χ0n) is 15.0. The fraction of sp³-hybridized carbons (Fsp3) is 0.429. The number of para-hydroxylation sites is 2. The summed E-state index contributed by atoms with van der Waals surface area (Å²) >= 11 is 6.29. The Morgan fingerprint density at radius 3 is 2.69 bits per heavy atom. The van der Waals surface area contributed by atoms with Gasteiger partial charge < -0.3 is 19.7 Å². The molecule has 0 spiro atoms. The van der Waals surface area contributed by atoms with Gasteiger partial charge in [0.05, 0.1) is 18.0 Å². The van der Waals surface area contributed by atoms with Crippen LogP contribution >= 0.6 is 11.6 Å². The van der Waals surface area contributed by atoms with E-state index in [1.165, 1.54) is 31.4 Å². The molecule has 0 saturated carbocycles. The lowest BCUT2D eigenvalue weighted by Gasteiger charge is -2.26. The predicted octanol–water partition coefficient (Wildman–Crippen LogP) is 5.20. The summed E-state index contributed by atoms with van der Waals surface area (Å²) in [7, 11) is 0. The lowest BCUT2D eigenvalue weighted by atomic mass is 10.1. The van der Waals surface area contributed by atoms with Gasteiger partial charge in [-0.15, -0.1) is 0 Å². The van der Waals surface area contributed by atoms with Crippen LogP contribution < -0.4 is 15.0 Å². The van der Waals surface area contributed by atoms with Gasteiger partial charge in [0, 0.05) is 35.8 Å². The number of halogens is 1. The van der Waals surface area contributed by atoms with Crippen molar-refractivity contribution < 1.29 is 9.47 Å². The van der Waals surface area contributed by atoms with Gasteiger partial charge in [0.15, 0.2) is 6.79 Å². The summed E-state index contributed by atoms with van der Waals surface area (Å²) in [4.78, 5) is 2.51. The van der Waals surface area contributed by atoms with Gasteiger partial charge in [-0.1, -0.05) is 36.6 Å². The minimum absolute atomic E-state index is 0.298. The fourth-order valence-corrected chi connectivity index (χ4v) is 4.05. The molecule has 2 heterocycles. The van der Waals surface area contributed by atoms with Gasteiger partial charge in [-0.3, -0.25) is 0 Å². The zero-order chi connectivity index (χ0) is 17.8. The predicted molar refractivity (Wildman–Crippen MR) is 106 cm³/mol. The summed E-state index contributed by atoms with van der Waals surface area (Å²) in [5.74, 6) is 0.903. The Balaban J connectivity index is 1.55. The topological polar surface area (TPSA) is 33.7 Å². The van der Waals surface area contributed by atoms with Gasteiger partial charge in [0.25, 0.3) is 0 Å². The average molecular weight is 373 g/mol. The van der Waals surface area contributed by atoms with Gasteiger partial charge in [-0.05, 0) is 37.1 Å². The Morgan fingerprint density at radius 2 is 1.85 bits per heavy atom. The number of benzene rings is 2. The Hall–Kier alpha value is -1.91. The Labute approximate surface area is 160 Å². The van der Waals surface area contributed by atoms with Crippen LogP contribution in [0.2, 0.25) is 5.02 Å². The second kappa shape index (κ2) is 8.19. The van der Waals surface area contributed by atoms with Crippen LogP contribution in [-0.2, 0) is 17.9 Å². The lowest BCUT2D eigenvalue weighted by molar-refractivity contribution is -0.0169. The van der Waals surface area contributed by atoms with E-state index in [1.54, 1.807) is 0 Å². The maximum Gasteiger partial charge on any atom is 0.189 e. The van der Waals surface area contributed by atoms with Crippen molar-refractivity contribution in [3.8, 4) is 5.75 Å². The van der Waals surface area contributed by atoms with E-state index in [0.717, 1.165) is 40.7 Å². The van der Waals surface area contributed by atoms with Crippen molar-refractivity contribution in [1.29, 1.82) is 0 Å². The Bertz CT molecular complexity index is 758. The van der Waals surface area contributed by atoms with Crippen LogP contribution in [0.1, 0.15) is 36.8 Å². The molecule has 1 saturated heterocycles. The third kappa shape index (κ3) is 3.92. The molecule has 1 N–H and O–H groups in total. The molecule has 2 aliphatic heterocycles. The minimum atomic E-state index is 0.298. The summed E-state index contributed by atoms with van der Waals surface area (Å²) in [6.07, 6.45) is 5.20. The van der Waals surface area contributed by atoms with E-state index in [4.69, 9.17) is 21.1 Å². The summed E-state index contributed by atoms with van der Waals surface area (Å²) < 4.78 is 11.1. The van der Waals surface area contributed by atoms with Crippen molar-refractivity contribution in [2.75, 3.05) is 30.1 Å². The van der Waals surface area contributed by atoms with Crippen molar-refractivity contribution >= 4 is 23.0 Å². The van der Waals surface area contributed by atoms with E-state index in [0.29, 0.717) is 19.9 Å². The molecule has 2 aromatic rings. The van der Waals surface area contributed by atoms with Crippen LogP contribution in [0, 0.1) is 0 Å². The van der Waals surface area contributed by atoms with Crippen LogP contribution in [-0.4, -0.2) is 19.9 Å². The minimum Gasteiger partial charge on any atom is -0.467 e. The van der Waals surface area contributed by atoms with Crippen LogP contribution in [0.4, 0.5) is 11.4 Å². The van der Waals surface area contributed by atoms with Crippen molar-refractivity contribution in [2.24, 2.45) is 0 Å². The molecular formula is C21H25ClN2O2. The SMILES string of the molecule is Clc1cc(CNc2ccccc2N2CCCCCC2)c2c(c1)COCO2. The molecule has 0 unspecified atom stereocenters. The third-order valence-electron chi connectivity index (χ3n) is 5.07. The molecule has 0 aromatic heterocycles. The van der Waals surface area contributed by atoms with Crippen LogP contribution in [0.25, 0.3) is 0 Å². The second-order valence-corrected chi connectivity index (χ2v) is 7.37. The van der Waals surface area contributed by atoms with Gasteiger partial charge >= 0.3 is 0 Å². The maximum atomic E-state index is 6.29. The van der Waals surface area contributed by atoms with E-state index in [-0.39, 0.29) is 0 Å². The summed E-state index contributed by atoms with van der Waals surface area (Å²) in [5, 5.41) is 4.32. The van der Waals surface area contributed by atoms with Crippen molar-refractivity contribution in [3.05, 3.63) is 52.5 Å². The van der Waals surface area contributed by atoms with E-state index < -0.39 is 0 Å². The first-order valence-electron chi connectivity index (χ1n) is 9.41. The molecule has 2 aliphatic rings. The largest absolute Gasteiger partial charge is 0.467 e. The number of fused-ring (bicyclic) bond motifs is 1. The highest BCUT2D eigenvalue weighted by Gasteiger charge is 2.17. The van der Waals surface area contributed by atoms with Crippen molar-refractivity contribution in [2.45, 2.75) is 38.8 Å². The Kier molecular flexibility index (Phi) is 5.51. The molecule has 0 amide bonds. The second-order valence-electron chi connectivity index (χ2n) is 6.94. The van der Waals surface area contributed by atoms with Gasteiger partial charge in [0.2, 0.25) is 0 Å². The standard InChI is InChI=1S/C21H25ClN2O2/c22-18-11-16(21-17(12-18)14-25-15-26-21)13-23-19-7-3-4-8-20(19)24-9-5-1-2-6-10-24/h3-4,7-8,11-12,23H,1-2,5-6,9-10,13-15H2. The van der Waals surface area contributed by atoms with Gasteiger partial charge in [-0.2, -0.15) is 0 Å². The molecule has 2 aromatic carbocycles. The van der Waals surface area contributed by atoms with Crippen LogP contribution in [0.5, 0.6) is 5.75 Å². The number of ether oxygens (including phenoxy) is 2. The molecule has 0 atom stereocenters. The molecule has 138 valence electrons. The third-order valence-corrected chi connectivity index (χ3v) is 5.29. The summed E-state index contributed by atoms with van der Waals surface area (Å²) in [6.45, 7) is 3.78. The first-order chi connectivity index (χ1) is 12.8.